The summed E-state index contributed by atoms with van der Waals surface area (Å²) in [5.41, 5.74) is 4.39. The van der Waals surface area contributed by atoms with Gasteiger partial charge in [-0.2, -0.15) is 0 Å². The van der Waals surface area contributed by atoms with Crippen molar-refractivity contribution in [1.82, 2.24) is 29.1 Å². The molecule has 150 valence electrons. The monoisotopic (exact) mass is 418 g/mol. The van der Waals surface area contributed by atoms with Crippen molar-refractivity contribution < 1.29 is 0 Å². The molecule has 0 saturated carbocycles. The van der Waals surface area contributed by atoms with Crippen LogP contribution in [0.4, 0.5) is 0 Å². The summed E-state index contributed by atoms with van der Waals surface area (Å²) in [5, 5.41) is 1.52. The third-order valence-electron chi connectivity index (χ3n) is 5.49. The zero-order valence-corrected chi connectivity index (χ0v) is 17.5. The van der Waals surface area contributed by atoms with E-state index >= 15 is 0 Å². The Morgan fingerprint density at radius 3 is 2.67 bits per heavy atom. The molecule has 5 aromatic rings. The van der Waals surface area contributed by atoms with Crippen LogP contribution in [-0.2, 0) is 7.05 Å². The van der Waals surface area contributed by atoms with Gasteiger partial charge in [0.1, 0.15) is 11.3 Å². The Balaban J connectivity index is 1.71. The van der Waals surface area contributed by atoms with Crippen molar-refractivity contribution in [2.75, 3.05) is 0 Å². The van der Waals surface area contributed by atoms with Gasteiger partial charge >= 0.3 is 0 Å². The largest absolute Gasteiger partial charge is 0.357 e. The van der Waals surface area contributed by atoms with Gasteiger partial charge in [-0.1, -0.05) is 23.7 Å². The Hall–Kier alpha value is -3.45. The lowest BCUT2D eigenvalue weighted by atomic mass is 10.1. The zero-order chi connectivity index (χ0) is 21.0. The van der Waals surface area contributed by atoms with Gasteiger partial charge in [0.15, 0.2) is 11.3 Å². The van der Waals surface area contributed by atoms with Crippen molar-refractivity contribution in [2.45, 2.75) is 19.9 Å². The van der Waals surface area contributed by atoms with Crippen molar-refractivity contribution in [2.24, 2.45) is 7.05 Å². The first kappa shape index (κ1) is 18.6. The Morgan fingerprint density at radius 2 is 1.90 bits per heavy atom. The van der Waals surface area contributed by atoms with E-state index in [9.17, 15) is 4.79 Å². The van der Waals surface area contributed by atoms with Crippen LogP contribution in [0, 0.1) is 6.92 Å². The van der Waals surface area contributed by atoms with Crippen molar-refractivity contribution in [1.29, 1.82) is 0 Å². The first-order valence-electron chi connectivity index (χ1n) is 9.58. The number of aromatic nitrogens is 6. The molecule has 1 atom stereocenters. The second-order valence-corrected chi connectivity index (χ2v) is 7.82. The standard InChI is InChI=1S/C22H19ClN6O/c1-12(14-4-6-15(23)7-5-14)29-13(2)26-20-21(29)27-18(10-25-20)17-11-28(3)22(30)19-16(17)8-9-24-19/h4-12,24H,1-3H3. The predicted octanol–water partition coefficient (Wildman–Crippen LogP) is 4.24. The fraction of sp³-hybridized carbons (Fsp3) is 0.182. The molecule has 0 aliphatic rings. The Bertz CT molecular complexity index is 1460. The normalized spacial score (nSPS) is 12.7. The molecule has 4 aromatic heterocycles. The molecule has 0 aliphatic heterocycles. The third-order valence-corrected chi connectivity index (χ3v) is 5.74. The molecule has 0 radical (unpaired) electrons. The summed E-state index contributed by atoms with van der Waals surface area (Å²) < 4.78 is 3.63. The number of hydrogen-bond acceptors (Lipinski definition) is 4. The predicted molar refractivity (Wildman–Crippen MR) is 118 cm³/mol. The molecule has 1 N–H and O–H groups in total. The van der Waals surface area contributed by atoms with Crippen LogP contribution in [0.3, 0.4) is 0 Å². The maximum absolute atomic E-state index is 12.4. The van der Waals surface area contributed by atoms with Crippen LogP contribution < -0.4 is 5.56 Å². The highest BCUT2D eigenvalue weighted by molar-refractivity contribution is 6.30. The lowest BCUT2D eigenvalue weighted by Crippen LogP contribution is -2.16. The van der Waals surface area contributed by atoms with Crippen LogP contribution in [0.2, 0.25) is 5.02 Å². The molecular formula is C22H19ClN6O. The third kappa shape index (κ3) is 2.81. The minimum Gasteiger partial charge on any atom is -0.357 e. The Kier molecular flexibility index (Phi) is 4.22. The Labute approximate surface area is 177 Å². The topological polar surface area (TPSA) is 81.4 Å². The number of pyridine rings is 1. The lowest BCUT2D eigenvalue weighted by molar-refractivity contribution is 0.632. The average molecular weight is 419 g/mol. The van der Waals surface area contributed by atoms with Gasteiger partial charge in [0.2, 0.25) is 0 Å². The maximum atomic E-state index is 12.4. The SMILES string of the molecule is Cc1nc2ncc(-c3cn(C)c(=O)c4[nH]ccc34)nc2n1C(C)c1ccc(Cl)cc1. The van der Waals surface area contributed by atoms with Gasteiger partial charge < -0.3 is 14.1 Å². The van der Waals surface area contributed by atoms with E-state index in [0.29, 0.717) is 27.5 Å². The quantitative estimate of drug-likeness (QED) is 0.475. The number of H-pyrrole nitrogens is 1. The van der Waals surface area contributed by atoms with Gasteiger partial charge in [-0.15, -0.1) is 0 Å². The van der Waals surface area contributed by atoms with E-state index in [1.807, 2.05) is 37.3 Å². The van der Waals surface area contributed by atoms with Gasteiger partial charge in [-0.3, -0.25) is 4.79 Å². The summed E-state index contributed by atoms with van der Waals surface area (Å²) in [5.74, 6) is 0.830. The highest BCUT2D eigenvalue weighted by atomic mass is 35.5. The Morgan fingerprint density at radius 1 is 1.13 bits per heavy atom. The van der Waals surface area contributed by atoms with E-state index in [0.717, 1.165) is 22.3 Å². The van der Waals surface area contributed by atoms with Crippen molar-refractivity contribution >= 4 is 33.8 Å². The van der Waals surface area contributed by atoms with Gasteiger partial charge in [0.05, 0.1) is 17.9 Å². The molecule has 5 rings (SSSR count). The number of fused-ring (bicyclic) bond motifs is 2. The molecule has 0 aliphatic carbocycles. The number of rotatable bonds is 3. The average Bonchev–Trinajstić information content (AvgIpc) is 3.34. The van der Waals surface area contributed by atoms with Crippen LogP contribution in [0.5, 0.6) is 0 Å². The van der Waals surface area contributed by atoms with Crippen molar-refractivity contribution in [3.63, 3.8) is 0 Å². The minimum atomic E-state index is -0.0787. The molecule has 0 fully saturated rings. The van der Waals surface area contributed by atoms with Gasteiger partial charge in [-0.05, 0) is 37.6 Å². The number of imidazole rings is 1. The summed E-state index contributed by atoms with van der Waals surface area (Å²) in [4.78, 5) is 29.5. The fourth-order valence-corrected chi connectivity index (χ4v) is 4.06. The van der Waals surface area contributed by atoms with Gasteiger partial charge in [0, 0.05) is 35.4 Å². The number of nitrogens with zero attached hydrogens (tertiary/aromatic N) is 5. The van der Waals surface area contributed by atoms with Gasteiger partial charge in [0.25, 0.3) is 5.56 Å². The second-order valence-electron chi connectivity index (χ2n) is 7.38. The van der Waals surface area contributed by atoms with E-state index in [4.69, 9.17) is 16.6 Å². The van der Waals surface area contributed by atoms with Crippen LogP contribution in [-0.4, -0.2) is 29.1 Å². The summed E-state index contributed by atoms with van der Waals surface area (Å²) in [6.45, 7) is 4.05. The van der Waals surface area contributed by atoms with Crippen LogP contribution >= 0.6 is 11.6 Å². The van der Waals surface area contributed by atoms with Crippen molar-refractivity contribution in [3.05, 3.63) is 75.7 Å². The van der Waals surface area contributed by atoms with Crippen LogP contribution in [0.1, 0.15) is 24.4 Å². The molecule has 0 saturated heterocycles. The molecule has 4 heterocycles. The molecule has 1 unspecified atom stereocenters. The molecule has 7 nitrogen and oxygen atoms in total. The highest BCUT2D eigenvalue weighted by Crippen LogP contribution is 2.29. The van der Waals surface area contributed by atoms with E-state index in [1.165, 1.54) is 0 Å². The fourth-order valence-electron chi connectivity index (χ4n) is 3.93. The summed E-state index contributed by atoms with van der Waals surface area (Å²) in [7, 11) is 1.73. The zero-order valence-electron chi connectivity index (χ0n) is 16.7. The van der Waals surface area contributed by atoms with E-state index in [2.05, 4.69) is 26.4 Å². The van der Waals surface area contributed by atoms with E-state index in [-0.39, 0.29) is 11.6 Å². The molecule has 8 heteroatoms. The number of benzene rings is 1. The molecule has 0 spiro atoms. The minimum absolute atomic E-state index is 0.00391. The van der Waals surface area contributed by atoms with Crippen LogP contribution in [0.25, 0.3) is 33.5 Å². The van der Waals surface area contributed by atoms with Crippen LogP contribution in [0.15, 0.2) is 53.7 Å². The number of aromatic amines is 1. The summed E-state index contributed by atoms with van der Waals surface area (Å²) in [6, 6.07) is 9.66. The summed E-state index contributed by atoms with van der Waals surface area (Å²) in [6.07, 6.45) is 5.27. The molecular weight excluding hydrogens is 400 g/mol. The highest BCUT2D eigenvalue weighted by Gasteiger charge is 2.19. The first-order chi connectivity index (χ1) is 14.4. The van der Waals surface area contributed by atoms with Crippen molar-refractivity contribution in [3.8, 4) is 11.3 Å². The van der Waals surface area contributed by atoms with E-state index < -0.39 is 0 Å². The van der Waals surface area contributed by atoms with E-state index in [1.54, 1.807) is 30.2 Å². The summed E-state index contributed by atoms with van der Waals surface area (Å²) >= 11 is 6.05. The maximum Gasteiger partial charge on any atom is 0.274 e. The molecule has 30 heavy (non-hydrogen) atoms. The number of nitrogens with one attached hydrogen (secondary N) is 1. The van der Waals surface area contributed by atoms with Gasteiger partial charge in [-0.25, -0.2) is 15.0 Å². The lowest BCUT2D eigenvalue weighted by Gasteiger charge is -2.16. The number of halogens is 1. The molecule has 0 amide bonds. The number of hydrogen-bond donors (Lipinski definition) is 1. The first-order valence-corrected chi connectivity index (χ1v) is 9.96. The molecule has 0 bridgehead atoms. The smallest absolute Gasteiger partial charge is 0.274 e. The number of aryl methyl sites for hydroxylation is 2. The second kappa shape index (κ2) is 6.81. The molecule has 1 aromatic carbocycles.